The third-order valence-corrected chi connectivity index (χ3v) is 1.72. The third-order valence-electron chi connectivity index (χ3n) is 1.47. The molecule has 0 spiro atoms. The first-order valence-electron chi connectivity index (χ1n) is 3.81. The summed E-state index contributed by atoms with van der Waals surface area (Å²) < 4.78 is 0. The second kappa shape index (κ2) is 4.54. The zero-order chi connectivity index (χ0) is 9.68. The molecule has 0 aliphatic carbocycles. The van der Waals surface area contributed by atoms with Crippen LogP contribution in [-0.2, 0) is 0 Å². The number of hydrogen-bond acceptors (Lipinski definition) is 2. The lowest BCUT2D eigenvalue weighted by Gasteiger charge is -2.04. The van der Waals surface area contributed by atoms with Gasteiger partial charge in [-0.1, -0.05) is 11.6 Å². The Bertz CT molecular complexity index is 346. The van der Waals surface area contributed by atoms with E-state index in [1.807, 2.05) is 25.1 Å². The highest BCUT2D eigenvalue weighted by Crippen LogP contribution is 2.14. The minimum Gasteiger partial charge on any atom is -0.359 e. The Morgan fingerprint density at radius 1 is 1.46 bits per heavy atom. The molecule has 13 heavy (non-hydrogen) atoms. The van der Waals surface area contributed by atoms with Crippen LogP contribution in [0.2, 0.25) is 5.02 Å². The quantitative estimate of drug-likeness (QED) is 0.731. The number of halogens is 1. The first-order valence-corrected chi connectivity index (χ1v) is 4.19. The summed E-state index contributed by atoms with van der Waals surface area (Å²) in [6.45, 7) is 1.83. The van der Waals surface area contributed by atoms with Gasteiger partial charge in [-0.25, -0.2) is 0 Å². The van der Waals surface area contributed by atoms with Gasteiger partial charge in [-0.05, 0) is 31.2 Å². The molecule has 3 heteroatoms. The molecule has 0 bridgehead atoms. The van der Waals surface area contributed by atoms with Gasteiger partial charge >= 0.3 is 0 Å². The van der Waals surface area contributed by atoms with Gasteiger partial charge in [-0.15, -0.1) is 0 Å². The molecule has 66 valence electrons. The van der Waals surface area contributed by atoms with Gasteiger partial charge in [-0.3, -0.25) is 0 Å². The minimum atomic E-state index is 0.701. The molecule has 0 radical (unpaired) electrons. The van der Waals surface area contributed by atoms with Crippen LogP contribution in [0.5, 0.6) is 0 Å². The number of anilines is 1. The van der Waals surface area contributed by atoms with Crippen molar-refractivity contribution in [2.24, 2.45) is 0 Å². The Hall–Kier alpha value is -1.46. The summed E-state index contributed by atoms with van der Waals surface area (Å²) in [5, 5.41) is 12.1. The van der Waals surface area contributed by atoms with Crippen molar-refractivity contribution < 1.29 is 0 Å². The fraction of sp³-hybridized carbons (Fsp3) is 0.100. The summed E-state index contributed by atoms with van der Waals surface area (Å²) in [4.78, 5) is 0. The molecule has 0 aliphatic rings. The highest BCUT2D eigenvalue weighted by molar-refractivity contribution is 6.30. The molecule has 0 saturated carbocycles. The molecule has 0 fully saturated rings. The van der Waals surface area contributed by atoms with Crippen LogP contribution >= 0.6 is 11.6 Å². The second-order valence-electron chi connectivity index (χ2n) is 2.59. The number of benzene rings is 1. The lowest BCUT2D eigenvalue weighted by molar-refractivity contribution is 1.37. The van der Waals surface area contributed by atoms with Gasteiger partial charge in [0.15, 0.2) is 0 Å². The average molecular weight is 193 g/mol. The van der Waals surface area contributed by atoms with Crippen LogP contribution in [-0.4, -0.2) is 0 Å². The maximum absolute atomic E-state index is 8.37. The molecule has 0 amide bonds. The number of nitriles is 1. The van der Waals surface area contributed by atoms with E-state index in [2.05, 4.69) is 5.32 Å². The van der Waals surface area contributed by atoms with Gasteiger partial charge in [-0.2, -0.15) is 5.26 Å². The van der Waals surface area contributed by atoms with Crippen LogP contribution in [0.15, 0.2) is 36.0 Å². The number of allylic oxidation sites excluding steroid dienone is 2. The lowest BCUT2D eigenvalue weighted by atomic mass is 10.3. The van der Waals surface area contributed by atoms with E-state index in [-0.39, 0.29) is 0 Å². The van der Waals surface area contributed by atoms with E-state index in [4.69, 9.17) is 16.9 Å². The van der Waals surface area contributed by atoms with Crippen molar-refractivity contribution in [3.63, 3.8) is 0 Å². The van der Waals surface area contributed by atoms with Crippen molar-refractivity contribution in [2.75, 3.05) is 5.32 Å². The zero-order valence-electron chi connectivity index (χ0n) is 7.21. The molecule has 1 N–H and O–H groups in total. The molecule has 0 aromatic heterocycles. The largest absolute Gasteiger partial charge is 0.359 e. The summed E-state index contributed by atoms with van der Waals surface area (Å²) >= 11 is 5.71. The van der Waals surface area contributed by atoms with Gasteiger partial charge in [0.25, 0.3) is 0 Å². The molecule has 2 nitrogen and oxygen atoms in total. The van der Waals surface area contributed by atoms with Crippen molar-refractivity contribution in [1.29, 1.82) is 5.26 Å². The first kappa shape index (κ1) is 9.63. The Kier molecular flexibility index (Phi) is 3.36. The highest BCUT2D eigenvalue weighted by atomic mass is 35.5. The first-order chi connectivity index (χ1) is 6.22. The molecule has 0 saturated heterocycles. The predicted octanol–water partition coefficient (Wildman–Crippen LogP) is 3.18. The average Bonchev–Trinajstić information content (AvgIpc) is 2.09. The Morgan fingerprint density at radius 2 is 2.08 bits per heavy atom. The molecule has 1 aromatic rings. The van der Waals surface area contributed by atoms with Crippen molar-refractivity contribution >= 4 is 17.3 Å². The summed E-state index contributed by atoms with van der Waals surface area (Å²) in [6, 6.07) is 9.26. The monoisotopic (exact) mass is 192 g/mol. The Balaban J connectivity index is 2.71. The number of nitrogens with zero attached hydrogens (tertiary/aromatic N) is 1. The van der Waals surface area contributed by atoms with E-state index in [1.165, 1.54) is 6.08 Å². The molecule has 0 unspecified atom stereocenters. The summed E-state index contributed by atoms with van der Waals surface area (Å²) in [7, 11) is 0. The minimum absolute atomic E-state index is 0.701. The van der Waals surface area contributed by atoms with Crippen LogP contribution in [0.3, 0.4) is 0 Å². The third kappa shape index (κ3) is 3.18. The van der Waals surface area contributed by atoms with E-state index in [9.17, 15) is 0 Å². The number of rotatable bonds is 2. The number of hydrogen-bond donors (Lipinski definition) is 1. The Morgan fingerprint density at radius 3 is 2.62 bits per heavy atom. The topological polar surface area (TPSA) is 35.8 Å². The van der Waals surface area contributed by atoms with Crippen LogP contribution in [0.1, 0.15) is 6.92 Å². The lowest BCUT2D eigenvalue weighted by Crippen LogP contribution is -1.94. The van der Waals surface area contributed by atoms with E-state index in [0.29, 0.717) is 5.02 Å². The zero-order valence-corrected chi connectivity index (χ0v) is 7.97. The van der Waals surface area contributed by atoms with Crippen LogP contribution in [0, 0.1) is 11.3 Å². The smallest absolute Gasteiger partial charge is 0.0930 e. The van der Waals surface area contributed by atoms with E-state index in [1.54, 1.807) is 12.1 Å². The Labute approximate surface area is 82.4 Å². The molecular formula is C10H9ClN2. The molecule has 1 aromatic carbocycles. The second-order valence-corrected chi connectivity index (χ2v) is 3.02. The molecule has 0 atom stereocenters. The van der Waals surface area contributed by atoms with Gasteiger partial charge in [0.05, 0.1) is 6.07 Å². The molecule has 1 rings (SSSR count). The maximum Gasteiger partial charge on any atom is 0.0930 e. The summed E-state index contributed by atoms with van der Waals surface area (Å²) in [5.41, 5.74) is 1.73. The predicted molar refractivity (Wildman–Crippen MR) is 54.4 cm³/mol. The van der Waals surface area contributed by atoms with Crippen molar-refractivity contribution in [1.82, 2.24) is 0 Å². The summed E-state index contributed by atoms with van der Waals surface area (Å²) in [6.07, 6.45) is 1.45. The maximum atomic E-state index is 8.37. The van der Waals surface area contributed by atoms with Gasteiger partial charge in [0.1, 0.15) is 0 Å². The normalized spacial score (nSPS) is 10.7. The van der Waals surface area contributed by atoms with Crippen molar-refractivity contribution in [3.8, 4) is 6.07 Å². The fourth-order valence-electron chi connectivity index (χ4n) is 0.894. The van der Waals surface area contributed by atoms with E-state index >= 15 is 0 Å². The fourth-order valence-corrected chi connectivity index (χ4v) is 1.02. The highest BCUT2D eigenvalue weighted by Gasteiger charge is 1.91. The van der Waals surface area contributed by atoms with Gasteiger partial charge in [0, 0.05) is 22.5 Å². The van der Waals surface area contributed by atoms with Crippen molar-refractivity contribution in [2.45, 2.75) is 6.92 Å². The number of nitrogens with one attached hydrogen (secondary N) is 1. The van der Waals surface area contributed by atoms with E-state index < -0.39 is 0 Å². The molecular weight excluding hydrogens is 184 g/mol. The van der Waals surface area contributed by atoms with Crippen molar-refractivity contribution in [3.05, 3.63) is 41.1 Å². The summed E-state index contributed by atoms with van der Waals surface area (Å²) in [5.74, 6) is 0. The van der Waals surface area contributed by atoms with Crippen LogP contribution in [0.4, 0.5) is 5.69 Å². The SMILES string of the molecule is C/C(=C/C#N)Nc1ccc(Cl)cc1. The standard InChI is InChI=1S/C10H9ClN2/c1-8(6-7-12)13-10-4-2-9(11)3-5-10/h2-6,13H,1H3/b8-6-. The van der Waals surface area contributed by atoms with Gasteiger partial charge < -0.3 is 5.32 Å². The van der Waals surface area contributed by atoms with E-state index in [0.717, 1.165) is 11.4 Å². The van der Waals surface area contributed by atoms with Gasteiger partial charge in [0.2, 0.25) is 0 Å². The molecule has 0 heterocycles. The molecule has 0 aliphatic heterocycles. The van der Waals surface area contributed by atoms with Crippen LogP contribution < -0.4 is 5.32 Å². The van der Waals surface area contributed by atoms with Crippen LogP contribution in [0.25, 0.3) is 0 Å².